The third-order valence-electron chi connectivity index (χ3n) is 4.29. The number of benzene rings is 2. The molecule has 1 saturated heterocycles. The number of nitrogens with zero attached hydrogens (tertiary/aromatic N) is 2. The van der Waals surface area contributed by atoms with Crippen LogP contribution in [0.1, 0.15) is 23.2 Å². The molecule has 0 saturated carbocycles. The highest BCUT2D eigenvalue weighted by molar-refractivity contribution is 6.05. The average molecular weight is 359 g/mol. The summed E-state index contributed by atoms with van der Waals surface area (Å²) in [5.41, 5.74) is 0.838. The predicted octanol–water partition coefficient (Wildman–Crippen LogP) is 3.60. The predicted molar refractivity (Wildman–Crippen MR) is 95.4 cm³/mol. The van der Waals surface area contributed by atoms with Crippen LogP contribution in [0.3, 0.4) is 0 Å². The minimum Gasteiger partial charge on any atom is -0.494 e. The molecule has 26 heavy (non-hydrogen) atoms. The van der Waals surface area contributed by atoms with Crippen LogP contribution in [0.25, 0.3) is 0 Å². The number of nitrogens with one attached hydrogen (secondary N) is 1. The molecule has 0 aliphatic carbocycles. The van der Waals surface area contributed by atoms with Crippen LogP contribution >= 0.6 is 0 Å². The molecule has 3 rings (SSSR count). The van der Waals surface area contributed by atoms with E-state index >= 15 is 0 Å². The Balaban J connectivity index is 1.88. The van der Waals surface area contributed by atoms with Crippen molar-refractivity contribution < 1.29 is 18.8 Å². The van der Waals surface area contributed by atoms with E-state index in [1.165, 1.54) is 25.3 Å². The molecule has 7 nitrogen and oxygen atoms in total. The molecule has 1 N–H and O–H groups in total. The first-order chi connectivity index (χ1) is 12.5. The second-order valence-electron chi connectivity index (χ2n) is 5.95. The molecule has 1 aliphatic heterocycles. The molecule has 0 bridgehead atoms. The molecule has 2 aromatic rings. The third-order valence-corrected chi connectivity index (χ3v) is 4.29. The lowest BCUT2D eigenvalue weighted by atomic mass is 10.1. The molecular formula is C18H18FN3O4. The molecular weight excluding hydrogens is 341 g/mol. The molecule has 2 aromatic carbocycles. The molecule has 1 aliphatic rings. The van der Waals surface area contributed by atoms with Gasteiger partial charge in [-0.15, -0.1) is 0 Å². The summed E-state index contributed by atoms with van der Waals surface area (Å²) >= 11 is 0. The summed E-state index contributed by atoms with van der Waals surface area (Å²) in [4.78, 5) is 25.4. The number of ether oxygens (including phenoxy) is 1. The van der Waals surface area contributed by atoms with Crippen molar-refractivity contribution in [1.82, 2.24) is 0 Å². The standard InChI is InChI=1S/C18H18FN3O4/c1-26-17-11-13(19)5-6-14(17)20-18(23)12-4-7-15(16(10-12)22(24)25)21-8-2-3-9-21/h4-7,10-11H,2-3,8-9H2,1H3,(H,20,23). The van der Waals surface area contributed by atoms with E-state index in [0.717, 1.165) is 32.0 Å². The van der Waals surface area contributed by atoms with E-state index in [1.807, 2.05) is 4.90 Å². The van der Waals surface area contributed by atoms with Crippen LogP contribution in [0, 0.1) is 15.9 Å². The first-order valence-corrected chi connectivity index (χ1v) is 8.18. The fourth-order valence-electron chi connectivity index (χ4n) is 3.00. The quantitative estimate of drug-likeness (QED) is 0.651. The van der Waals surface area contributed by atoms with Crippen LogP contribution in [-0.2, 0) is 0 Å². The van der Waals surface area contributed by atoms with Crippen LogP contribution in [0.15, 0.2) is 36.4 Å². The lowest BCUT2D eigenvalue weighted by molar-refractivity contribution is -0.384. The lowest BCUT2D eigenvalue weighted by Crippen LogP contribution is -2.20. The van der Waals surface area contributed by atoms with Crippen molar-refractivity contribution in [3.8, 4) is 5.75 Å². The molecule has 0 unspecified atom stereocenters. The topological polar surface area (TPSA) is 84.7 Å². The van der Waals surface area contributed by atoms with E-state index in [1.54, 1.807) is 12.1 Å². The van der Waals surface area contributed by atoms with Gasteiger partial charge in [0.1, 0.15) is 17.3 Å². The van der Waals surface area contributed by atoms with Gasteiger partial charge >= 0.3 is 0 Å². The van der Waals surface area contributed by atoms with Gasteiger partial charge in [0.05, 0.1) is 17.7 Å². The van der Waals surface area contributed by atoms with E-state index in [0.29, 0.717) is 5.69 Å². The summed E-state index contributed by atoms with van der Waals surface area (Å²) in [7, 11) is 1.36. The van der Waals surface area contributed by atoms with Crippen molar-refractivity contribution in [2.75, 3.05) is 30.4 Å². The van der Waals surface area contributed by atoms with E-state index < -0.39 is 16.6 Å². The van der Waals surface area contributed by atoms with Crippen molar-refractivity contribution in [2.24, 2.45) is 0 Å². The number of nitro groups is 1. The number of carbonyl (C=O) groups excluding carboxylic acids is 1. The Morgan fingerprint density at radius 1 is 1.23 bits per heavy atom. The molecule has 0 atom stereocenters. The summed E-state index contributed by atoms with van der Waals surface area (Å²) in [5.74, 6) is -0.863. The van der Waals surface area contributed by atoms with Crippen molar-refractivity contribution in [1.29, 1.82) is 0 Å². The fraction of sp³-hybridized carbons (Fsp3) is 0.278. The molecule has 136 valence electrons. The van der Waals surface area contributed by atoms with Gasteiger partial charge in [0.2, 0.25) is 0 Å². The maximum atomic E-state index is 13.3. The largest absolute Gasteiger partial charge is 0.494 e. The smallest absolute Gasteiger partial charge is 0.293 e. The van der Waals surface area contributed by atoms with Crippen LogP contribution in [0.4, 0.5) is 21.5 Å². The SMILES string of the molecule is COc1cc(F)ccc1NC(=O)c1ccc(N2CCCC2)c([N+](=O)[O-])c1. The van der Waals surface area contributed by atoms with Gasteiger partial charge in [-0.2, -0.15) is 0 Å². The zero-order chi connectivity index (χ0) is 18.7. The number of nitro benzene ring substituents is 1. The van der Waals surface area contributed by atoms with Gasteiger partial charge in [0.25, 0.3) is 11.6 Å². The molecule has 0 aromatic heterocycles. The lowest BCUT2D eigenvalue weighted by Gasteiger charge is -2.18. The van der Waals surface area contributed by atoms with Gasteiger partial charge in [0, 0.05) is 30.8 Å². The highest BCUT2D eigenvalue weighted by atomic mass is 19.1. The zero-order valence-corrected chi connectivity index (χ0v) is 14.2. The van der Waals surface area contributed by atoms with Gasteiger partial charge in [-0.25, -0.2) is 4.39 Å². The highest BCUT2D eigenvalue weighted by Crippen LogP contribution is 2.32. The van der Waals surface area contributed by atoms with Gasteiger partial charge < -0.3 is 15.0 Å². The van der Waals surface area contributed by atoms with Crippen LogP contribution in [0.2, 0.25) is 0 Å². The van der Waals surface area contributed by atoms with Crippen molar-refractivity contribution in [3.05, 3.63) is 57.9 Å². The van der Waals surface area contributed by atoms with Gasteiger partial charge in [-0.05, 0) is 37.1 Å². The van der Waals surface area contributed by atoms with Crippen molar-refractivity contribution >= 4 is 23.0 Å². The first kappa shape index (κ1) is 17.7. The number of carbonyl (C=O) groups is 1. The van der Waals surface area contributed by atoms with Crippen molar-refractivity contribution in [2.45, 2.75) is 12.8 Å². The molecule has 1 amide bonds. The molecule has 0 radical (unpaired) electrons. The van der Waals surface area contributed by atoms with Crippen LogP contribution in [0.5, 0.6) is 5.75 Å². The molecule has 0 spiro atoms. The van der Waals surface area contributed by atoms with E-state index in [4.69, 9.17) is 4.74 Å². The number of amides is 1. The molecule has 1 fully saturated rings. The maximum Gasteiger partial charge on any atom is 0.293 e. The number of methoxy groups -OCH3 is 1. The molecule has 1 heterocycles. The van der Waals surface area contributed by atoms with Gasteiger partial charge in [0.15, 0.2) is 0 Å². The van der Waals surface area contributed by atoms with Gasteiger partial charge in [-0.3, -0.25) is 14.9 Å². The zero-order valence-electron chi connectivity index (χ0n) is 14.2. The number of anilines is 2. The van der Waals surface area contributed by atoms with E-state index in [-0.39, 0.29) is 22.7 Å². The maximum absolute atomic E-state index is 13.3. The summed E-state index contributed by atoms with van der Waals surface area (Å²) in [6.07, 6.45) is 1.98. The molecule has 8 heteroatoms. The fourth-order valence-corrected chi connectivity index (χ4v) is 3.00. The average Bonchev–Trinajstić information content (AvgIpc) is 3.17. The monoisotopic (exact) mass is 359 g/mol. The number of rotatable bonds is 5. The summed E-state index contributed by atoms with van der Waals surface area (Å²) in [6.45, 7) is 1.53. The van der Waals surface area contributed by atoms with Crippen LogP contribution in [-0.4, -0.2) is 31.0 Å². The minimum absolute atomic E-state index is 0.106. The minimum atomic E-state index is -0.536. The normalized spacial score (nSPS) is 13.5. The number of hydrogen-bond donors (Lipinski definition) is 1. The number of halogens is 1. The third kappa shape index (κ3) is 3.58. The Hall–Kier alpha value is -3.16. The second kappa shape index (κ2) is 7.38. The highest BCUT2D eigenvalue weighted by Gasteiger charge is 2.24. The van der Waals surface area contributed by atoms with E-state index in [9.17, 15) is 19.3 Å². The number of hydrogen-bond acceptors (Lipinski definition) is 5. The summed E-state index contributed by atoms with van der Waals surface area (Å²) in [6, 6.07) is 8.12. The Kier molecular flexibility index (Phi) is 5.01. The van der Waals surface area contributed by atoms with E-state index in [2.05, 4.69) is 5.32 Å². The Labute approximate surface area is 149 Å². The van der Waals surface area contributed by atoms with Gasteiger partial charge in [-0.1, -0.05) is 0 Å². The second-order valence-corrected chi connectivity index (χ2v) is 5.95. The Morgan fingerprint density at radius 2 is 1.96 bits per heavy atom. The Morgan fingerprint density at radius 3 is 2.62 bits per heavy atom. The summed E-state index contributed by atoms with van der Waals surface area (Å²) in [5, 5.41) is 14.0. The Bertz CT molecular complexity index is 850. The van der Waals surface area contributed by atoms with Crippen molar-refractivity contribution in [3.63, 3.8) is 0 Å². The summed E-state index contributed by atoms with van der Waals surface area (Å²) < 4.78 is 18.3. The first-order valence-electron chi connectivity index (χ1n) is 8.18. The van der Waals surface area contributed by atoms with Crippen LogP contribution < -0.4 is 15.0 Å².